The summed E-state index contributed by atoms with van der Waals surface area (Å²) in [5.41, 5.74) is -0.172. The van der Waals surface area contributed by atoms with Crippen molar-refractivity contribution < 1.29 is 14.0 Å². The number of amides is 2. The first-order valence-corrected chi connectivity index (χ1v) is 10.2. The van der Waals surface area contributed by atoms with Gasteiger partial charge < -0.3 is 10.6 Å². The highest BCUT2D eigenvalue weighted by Crippen LogP contribution is 2.41. The molecule has 1 aromatic rings. The highest BCUT2D eigenvalue weighted by atomic mass is 35.5. The Morgan fingerprint density at radius 1 is 1.37 bits per heavy atom. The summed E-state index contributed by atoms with van der Waals surface area (Å²) in [7, 11) is 0. The second-order valence-electron chi connectivity index (χ2n) is 7.02. The molecule has 5 nitrogen and oxygen atoms in total. The SMILES string of the molecule is O=C(NCCC1SC(=NC2CC3C=CC2C3)NC1=O)c1c(F)cccc1Cl. The number of benzene rings is 1. The second-order valence-corrected chi connectivity index (χ2v) is 8.62. The van der Waals surface area contributed by atoms with E-state index >= 15 is 0 Å². The molecule has 1 aromatic carbocycles. The zero-order valence-corrected chi connectivity index (χ0v) is 16.0. The van der Waals surface area contributed by atoms with Crippen LogP contribution in [0.25, 0.3) is 0 Å². The van der Waals surface area contributed by atoms with Gasteiger partial charge in [0.15, 0.2) is 5.17 Å². The molecule has 8 heteroatoms. The predicted octanol–water partition coefficient (Wildman–Crippen LogP) is 3.15. The summed E-state index contributed by atoms with van der Waals surface area (Å²) in [6.07, 6.45) is 7.13. The molecule has 3 aliphatic rings. The summed E-state index contributed by atoms with van der Waals surface area (Å²) >= 11 is 7.29. The van der Waals surface area contributed by atoms with Crippen molar-refractivity contribution in [1.29, 1.82) is 0 Å². The molecule has 4 unspecified atom stereocenters. The Hall–Kier alpha value is -1.86. The van der Waals surface area contributed by atoms with Crippen LogP contribution in [0.1, 0.15) is 29.6 Å². The van der Waals surface area contributed by atoms with Gasteiger partial charge in [-0.1, -0.05) is 41.6 Å². The summed E-state index contributed by atoms with van der Waals surface area (Å²) in [5, 5.41) is 5.89. The Labute approximate surface area is 165 Å². The van der Waals surface area contributed by atoms with E-state index in [4.69, 9.17) is 16.6 Å². The summed E-state index contributed by atoms with van der Waals surface area (Å²) < 4.78 is 13.8. The maximum absolute atomic E-state index is 13.8. The fraction of sp³-hybridized carbons (Fsp3) is 0.421. The summed E-state index contributed by atoms with van der Waals surface area (Å²) in [4.78, 5) is 29.0. The fourth-order valence-corrected chi connectivity index (χ4v) is 5.10. The lowest BCUT2D eigenvalue weighted by Gasteiger charge is -2.13. The number of hydrogen-bond donors (Lipinski definition) is 2. The van der Waals surface area contributed by atoms with E-state index < -0.39 is 11.7 Å². The molecule has 2 fully saturated rings. The Morgan fingerprint density at radius 3 is 2.93 bits per heavy atom. The lowest BCUT2D eigenvalue weighted by Crippen LogP contribution is -2.31. The van der Waals surface area contributed by atoms with E-state index in [1.807, 2.05) is 0 Å². The van der Waals surface area contributed by atoms with Crippen molar-refractivity contribution in [2.75, 3.05) is 6.54 Å². The first-order chi connectivity index (χ1) is 13.0. The van der Waals surface area contributed by atoms with Crippen LogP contribution in [0.5, 0.6) is 0 Å². The first-order valence-electron chi connectivity index (χ1n) is 8.97. The average molecular weight is 408 g/mol. The van der Waals surface area contributed by atoms with Crippen molar-refractivity contribution in [3.8, 4) is 0 Å². The average Bonchev–Trinajstić information content (AvgIpc) is 3.31. The number of halogens is 2. The monoisotopic (exact) mass is 407 g/mol. The van der Waals surface area contributed by atoms with Crippen molar-refractivity contribution in [1.82, 2.24) is 10.6 Å². The van der Waals surface area contributed by atoms with E-state index in [9.17, 15) is 14.0 Å². The van der Waals surface area contributed by atoms with E-state index in [2.05, 4.69) is 22.8 Å². The van der Waals surface area contributed by atoms with Gasteiger partial charge in [-0.3, -0.25) is 14.6 Å². The molecule has 1 aliphatic heterocycles. The van der Waals surface area contributed by atoms with Crippen LogP contribution in [0.2, 0.25) is 5.02 Å². The van der Waals surface area contributed by atoms with Crippen LogP contribution in [0.15, 0.2) is 35.3 Å². The molecule has 2 aliphatic carbocycles. The third-order valence-electron chi connectivity index (χ3n) is 5.19. The third-order valence-corrected chi connectivity index (χ3v) is 6.67. The number of thioether (sulfide) groups is 1. The van der Waals surface area contributed by atoms with Gasteiger partial charge >= 0.3 is 0 Å². The maximum atomic E-state index is 13.8. The van der Waals surface area contributed by atoms with Crippen LogP contribution in [-0.4, -0.2) is 34.8 Å². The minimum atomic E-state index is -0.665. The molecule has 0 radical (unpaired) electrons. The first kappa shape index (κ1) is 18.5. The molecule has 2 N–H and O–H groups in total. The lowest BCUT2D eigenvalue weighted by molar-refractivity contribution is -0.118. The molecule has 4 rings (SSSR count). The number of amidine groups is 1. The van der Waals surface area contributed by atoms with Crippen LogP contribution in [0, 0.1) is 17.7 Å². The number of fused-ring (bicyclic) bond motifs is 2. The summed E-state index contributed by atoms with van der Waals surface area (Å²) in [6.45, 7) is 0.249. The van der Waals surface area contributed by atoms with Crippen LogP contribution < -0.4 is 10.6 Å². The van der Waals surface area contributed by atoms with Crippen molar-refractivity contribution in [2.45, 2.75) is 30.6 Å². The standard InChI is InChI=1S/C19H19ClFN3O2S/c20-12-2-1-3-13(21)16(12)18(26)22-7-6-15-17(25)24-19(27-15)23-14-9-10-4-5-11(14)8-10/h1-5,10-11,14-15H,6-9H2,(H,22,26)(H,23,24,25). The lowest BCUT2D eigenvalue weighted by atomic mass is 10.0. The van der Waals surface area contributed by atoms with Crippen molar-refractivity contribution >= 4 is 40.3 Å². The quantitative estimate of drug-likeness (QED) is 0.736. The Kier molecular flexibility index (Phi) is 5.23. The molecular weight excluding hydrogens is 389 g/mol. The fourth-order valence-electron chi connectivity index (χ4n) is 3.83. The maximum Gasteiger partial charge on any atom is 0.255 e. The van der Waals surface area contributed by atoms with Gasteiger partial charge in [0.2, 0.25) is 5.91 Å². The molecule has 27 heavy (non-hydrogen) atoms. The van der Waals surface area contributed by atoms with Gasteiger partial charge in [-0.2, -0.15) is 0 Å². The van der Waals surface area contributed by atoms with Crippen LogP contribution in [-0.2, 0) is 4.79 Å². The van der Waals surface area contributed by atoms with Crippen LogP contribution >= 0.6 is 23.4 Å². The Bertz CT molecular complexity index is 824. The van der Waals surface area contributed by atoms with Crippen LogP contribution in [0.4, 0.5) is 4.39 Å². The topological polar surface area (TPSA) is 70.6 Å². The number of rotatable bonds is 5. The summed E-state index contributed by atoms with van der Waals surface area (Å²) in [6, 6.07) is 4.35. The number of carbonyl (C=O) groups is 2. The van der Waals surface area contributed by atoms with E-state index in [0.29, 0.717) is 23.4 Å². The summed E-state index contributed by atoms with van der Waals surface area (Å²) in [5.74, 6) is -0.228. The number of carbonyl (C=O) groups excluding carboxylic acids is 2. The van der Waals surface area contributed by atoms with Gasteiger partial charge in [-0.15, -0.1) is 0 Å². The molecule has 1 saturated carbocycles. The van der Waals surface area contributed by atoms with Gasteiger partial charge in [-0.25, -0.2) is 4.39 Å². The zero-order valence-electron chi connectivity index (χ0n) is 14.5. The smallest absolute Gasteiger partial charge is 0.255 e. The molecular formula is C19H19ClFN3O2S. The highest BCUT2D eigenvalue weighted by molar-refractivity contribution is 8.15. The minimum absolute atomic E-state index is 0.0646. The highest BCUT2D eigenvalue weighted by Gasteiger charge is 2.37. The zero-order chi connectivity index (χ0) is 19.0. The number of nitrogens with one attached hydrogen (secondary N) is 2. The van der Waals surface area contributed by atoms with Gasteiger partial charge in [0.1, 0.15) is 5.82 Å². The van der Waals surface area contributed by atoms with Gasteiger partial charge in [0.25, 0.3) is 5.91 Å². The predicted molar refractivity (Wildman–Crippen MR) is 104 cm³/mol. The van der Waals surface area contributed by atoms with Crippen molar-refractivity contribution in [2.24, 2.45) is 16.8 Å². The van der Waals surface area contributed by atoms with Gasteiger partial charge in [0, 0.05) is 6.54 Å². The molecule has 2 amide bonds. The third kappa shape index (κ3) is 3.89. The molecule has 2 bridgehead atoms. The second kappa shape index (κ2) is 7.64. The number of hydrogen-bond acceptors (Lipinski definition) is 4. The normalized spacial score (nSPS) is 30.1. The Morgan fingerprint density at radius 2 is 2.22 bits per heavy atom. The van der Waals surface area contributed by atoms with E-state index in [1.54, 1.807) is 0 Å². The molecule has 4 atom stereocenters. The van der Waals surface area contributed by atoms with Crippen molar-refractivity contribution in [3.05, 3.63) is 46.8 Å². The van der Waals surface area contributed by atoms with Gasteiger partial charge in [-0.05, 0) is 43.2 Å². The number of nitrogens with zero attached hydrogens (tertiary/aromatic N) is 1. The van der Waals surface area contributed by atoms with E-state index in [-0.39, 0.29) is 34.3 Å². The van der Waals surface area contributed by atoms with E-state index in [0.717, 1.165) is 12.8 Å². The van der Waals surface area contributed by atoms with Gasteiger partial charge in [0.05, 0.1) is 21.9 Å². The molecule has 0 spiro atoms. The minimum Gasteiger partial charge on any atom is -0.352 e. The Balaban J connectivity index is 1.29. The molecule has 1 saturated heterocycles. The van der Waals surface area contributed by atoms with Crippen LogP contribution in [0.3, 0.4) is 0 Å². The molecule has 142 valence electrons. The number of allylic oxidation sites excluding steroid dienone is 1. The number of aliphatic imine (C=N–C) groups is 1. The van der Waals surface area contributed by atoms with E-state index in [1.165, 1.54) is 30.0 Å². The molecule has 0 aromatic heterocycles. The largest absolute Gasteiger partial charge is 0.352 e. The molecule has 1 heterocycles. The van der Waals surface area contributed by atoms with Crippen molar-refractivity contribution in [3.63, 3.8) is 0 Å².